The second kappa shape index (κ2) is 18.0. The summed E-state index contributed by atoms with van der Waals surface area (Å²) in [6.45, 7) is 0. The molecule has 0 atom stereocenters. The summed E-state index contributed by atoms with van der Waals surface area (Å²) in [4.78, 5) is 0. The maximum atomic E-state index is 3.34. The van der Waals surface area contributed by atoms with E-state index in [2.05, 4.69) is 182 Å². The van der Waals surface area contributed by atoms with Gasteiger partial charge in [0.15, 0.2) is 0 Å². The Balaban J connectivity index is 0.000000153. The van der Waals surface area contributed by atoms with E-state index in [4.69, 9.17) is 0 Å². The van der Waals surface area contributed by atoms with Crippen molar-refractivity contribution in [2.45, 2.75) is 12.8 Å². The van der Waals surface area contributed by atoms with Gasteiger partial charge < -0.3 is 24.8 Å². The van der Waals surface area contributed by atoms with Crippen molar-refractivity contribution in [2.24, 2.45) is 0 Å². The number of hydrogen-bond donors (Lipinski definition) is 0. The molecule has 0 saturated carbocycles. The third-order valence-corrected chi connectivity index (χ3v) is 15.7. The van der Waals surface area contributed by atoms with E-state index in [9.17, 15) is 0 Å². The fourth-order valence-electron chi connectivity index (χ4n) is 5.30. The van der Waals surface area contributed by atoms with E-state index in [1.54, 1.807) is 0 Å². The number of benzene rings is 6. The molecule has 2 aliphatic rings. The molecular formula is C42H32Cl2HfSi-2. The van der Waals surface area contributed by atoms with Gasteiger partial charge in [0, 0.05) is 0 Å². The van der Waals surface area contributed by atoms with Gasteiger partial charge in [0.2, 0.25) is 0 Å². The van der Waals surface area contributed by atoms with Crippen molar-refractivity contribution in [3.8, 4) is 0 Å². The Kier molecular flexibility index (Phi) is 13.8. The molecule has 6 aromatic carbocycles. The quantitative estimate of drug-likeness (QED) is 0.190. The Hall–Kier alpha value is -3.53. The van der Waals surface area contributed by atoms with Crippen LogP contribution in [0.1, 0.15) is 24.0 Å². The van der Waals surface area contributed by atoms with Gasteiger partial charge >= 0.3 is 99.5 Å². The van der Waals surface area contributed by atoms with E-state index in [1.807, 2.05) is 0 Å². The zero-order valence-electron chi connectivity index (χ0n) is 25.3. The van der Waals surface area contributed by atoms with E-state index in [0.29, 0.717) is 0 Å². The average Bonchev–Trinajstić information content (AvgIpc) is 3.85. The first-order valence-electron chi connectivity index (χ1n) is 15.0. The molecule has 0 amide bonds. The van der Waals surface area contributed by atoms with E-state index in [1.165, 1.54) is 77.2 Å². The van der Waals surface area contributed by atoms with E-state index in [-0.39, 0.29) is 24.8 Å². The van der Waals surface area contributed by atoms with Gasteiger partial charge in [-0.3, -0.25) is 0 Å². The van der Waals surface area contributed by atoms with Crippen LogP contribution in [0.15, 0.2) is 170 Å². The van der Waals surface area contributed by atoms with Gasteiger partial charge in [0.05, 0.1) is 0 Å². The zero-order valence-corrected chi connectivity index (χ0v) is 31.4. The van der Waals surface area contributed by atoms with Crippen molar-refractivity contribution < 1.29 is 47.8 Å². The molecule has 0 aliphatic heterocycles. The molecule has 0 fully saturated rings. The SMILES string of the molecule is [C-]1=C(c2ccc3ccccc3c2)C=CC1.[C-]1=C(c2ccc3ccccc3c2)C=CC1.[Cl-].[Cl-].[Hf+2]=[Si](c1ccccc1)c1ccccc1. The molecular weight excluding hydrogens is 782 g/mol. The summed E-state index contributed by atoms with van der Waals surface area (Å²) in [5.41, 5.74) is 4.57. The van der Waals surface area contributed by atoms with E-state index in [0.717, 1.165) is 12.8 Å². The first-order chi connectivity index (χ1) is 21.7. The maximum absolute atomic E-state index is 3.34. The second-order valence-corrected chi connectivity index (χ2v) is 17.9. The standard InChI is InChI=1S/2C15H11.C12H10Si.2ClH.Hf/c2*1-2-6-12(5-1)15-10-9-13-7-3-4-8-14(13)11-15;1-3-7-11(8-4-1)13-12-9-5-2-6-10-12;;;/h2*1,3-5,7-11H,2H2;1-10H;2*1H;/q2*-1;;;;+2/p-2. The molecule has 4 heteroatoms. The number of allylic oxidation sites excluding steroid dienone is 8. The van der Waals surface area contributed by atoms with E-state index >= 15 is 0 Å². The van der Waals surface area contributed by atoms with Crippen LogP contribution in [0.25, 0.3) is 32.7 Å². The fourth-order valence-corrected chi connectivity index (χ4v) is 10.3. The summed E-state index contributed by atoms with van der Waals surface area (Å²) in [5, 5.41) is 8.26. The Labute approximate surface area is 300 Å². The van der Waals surface area contributed by atoms with Crippen molar-refractivity contribution >= 4 is 48.6 Å². The molecule has 2 aliphatic carbocycles. The van der Waals surface area contributed by atoms with Gasteiger partial charge in [-0.1, -0.05) is 73.5 Å². The van der Waals surface area contributed by atoms with Gasteiger partial charge in [-0.25, -0.2) is 0 Å². The van der Waals surface area contributed by atoms with Crippen LogP contribution < -0.4 is 35.2 Å². The monoisotopic (exact) mass is 814 g/mol. The molecule has 46 heavy (non-hydrogen) atoms. The summed E-state index contributed by atoms with van der Waals surface area (Å²) in [6.07, 6.45) is 17.2. The average molecular weight is 814 g/mol. The van der Waals surface area contributed by atoms with Crippen LogP contribution in [-0.4, -0.2) is 5.49 Å². The molecule has 0 heterocycles. The van der Waals surface area contributed by atoms with Crippen LogP contribution in [0.2, 0.25) is 0 Å². The van der Waals surface area contributed by atoms with Crippen LogP contribution in [0, 0.1) is 12.2 Å². The summed E-state index contributed by atoms with van der Waals surface area (Å²) in [7, 11) is 0. The van der Waals surface area contributed by atoms with Crippen molar-refractivity contribution in [3.05, 3.63) is 193 Å². The third kappa shape index (κ3) is 9.27. The molecule has 0 saturated heterocycles. The van der Waals surface area contributed by atoms with Crippen molar-refractivity contribution in [3.63, 3.8) is 0 Å². The molecule has 6 aromatic rings. The van der Waals surface area contributed by atoms with Crippen molar-refractivity contribution in [1.82, 2.24) is 0 Å². The predicted molar refractivity (Wildman–Crippen MR) is 187 cm³/mol. The summed E-state index contributed by atoms with van der Waals surface area (Å²) >= 11 is 1.27. The van der Waals surface area contributed by atoms with Gasteiger partial charge in [0.25, 0.3) is 0 Å². The van der Waals surface area contributed by atoms with Crippen molar-refractivity contribution in [1.29, 1.82) is 0 Å². The minimum atomic E-state index is -0.406. The van der Waals surface area contributed by atoms with Crippen LogP contribution in [0.4, 0.5) is 0 Å². The molecule has 0 spiro atoms. The van der Waals surface area contributed by atoms with Crippen LogP contribution in [0.3, 0.4) is 0 Å². The van der Waals surface area contributed by atoms with Gasteiger partial charge in [-0.2, -0.15) is 35.5 Å². The minimum absolute atomic E-state index is 0. The number of fused-ring (bicyclic) bond motifs is 2. The topological polar surface area (TPSA) is 0 Å². The van der Waals surface area contributed by atoms with Crippen LogP contribution >= 0.6 is 0 Å². The molecule has 0 N–H and O–H groups in total. The van der Waals surface area contributed by atoms with Gasteiger partial charge in [-0.05, 0) is 21.5 Å². The van der Waals surface area contributed by atoms with Crippen molar-refractivity contribution in [2.75, 3.05) is 0 Å². The number of halogens is 2. The molecule has 0 aromatic heterocycles. The zero-order chi connectivity index (χ0) is 30.0. The first kappa shape index (κ1) is 35.3. The van der Waals surface area contributed by atoms with E-state index < -0.39 is 5.49 Å². The Morgan fingerprint density at radius 2 is 0.804 bits per heavy atom. The molecule has 0 unspecified atom stereocenters. The number of rotatable bonds is 4. The summed E-state index contributed by atoms with van der Waals surface area (Å²) in [6, 6.07) is 51.8. The fraction of sp³-hybridized carbons (Fsp3) is 0.0476. The van der Waals surface area contributed by atoms with Gasteiger partial charge in [-0.15, -0.1) is 47.5 Å². The Morgan fingerprint density at radius 1 is 0.435 bits per heavy atom. The van der Waals surface area contributed by atoms with Crippen LogP contribution in [-0.2, 0) is 23.0 Å². The molecule has 0 nitrogen and oxygen atoms in total. The summed E-state index contributed by atoms with van der Waals surface area (Å²) < 4.78 is 0. The number of hydrogen-bond acceptors (Lipinski definition) is 0. The summed E-state index contributed by atoms with van der Waals surface area (Å²) in [5.74, 6) is 0. The Morgan fingerprint density at radius 3 is 1.17 bits per heavy atom. The third-order valence-electron chi connectivity index (χ3n) is 7.64. The molecule has 8 rings (SSSR count). The Bertz CT molecular complexity index is 1880. The second-order valence-electron chi connectivity index (χ2n) is 10.6. The molecule has 224 valence electrons. The molecule has 0 bridgehead atoms. The molecule has 0 radical (unpaired) electrons. The normalized spacial score (nSPS) is 12.5. The van der Waals surface area contributed by atoms with Gasteiger partial charge in [0.1, 0.15) is 0 Å². The van der Waals surface area contributed by atoms with Crippen LogP contribution in [0.5, 0.6) is 0 Å². The first-order valence-corrected chi connectivity index (χ1v) is 21.9. The predicted octanol–water partition coefficient (Wildman–Crippen LogP) is 3.32.